The van der Waals surface area contributed by atoms with Gasteiger partial charge in [0.25, 0.3) is 5.69 Å². The lowest BCUT2D eigenvalue weighted by molar-refractivity contribution is -0.387. The summed E-state index contributed by atoms with van der Waals surface area (Å²) in [4.78, 5) is 8.72. The molecule has 118 valence electrons. The number of hydrogen-bond acceptors (Lipinski definition) is 7. The number of alkyl halides is 3. The molecule has 0 fully saturated rings. The number of nitro groups is 1. The molecule has 13 heteroatoms. The lowest BCUT2D eigenvalue weighted by Gasteiger charge is -2.09. The Morgan fingerprint density at radius 3 is 2.10 bits per heavy atom. The highest BCUT2D eigenvalue weighted by molar-refractivity contribution is 7.90. The molecular weight excluding hydrogens is 343 g/mol. The van der Waals surface area contributed by atoms with Crippen LogP contribution in [0.25, 0.3) is 0 Å². The number of halogens is 3. The molecule has 1 rings (SSSR count). The highest BCUT2D eigenvalue weighted by Gasteiger charge is 2.48. The van der Waals surface area contributed by atoms with Gasteiger partial charge < -0.3 is 4.18 Å². The van der Waals surface area contributed by atoms with Gasteiger partial charge in [0.2, 0.25) is 0 Å². The Bertz CT molecular complexity index is 783. The molecule has 0 heterocycles. The van der Waals surface area contributed by atoms with E-state index in [2.05, 4.69) is 4.18 Å². The van der Waals surface area contributed by atoms with Gasteiger partial charge in [0, 0.05) is 6.26 Å². The second-order valence-electron chi connectivity index (χ2n) is 3.64. The molecule has 1 aromatic rings. The Morgan fingerprint density at radius 2 is 1.71 bits per heavy atom. The van der Waals surface area contributed by atoms with Gasteiger partial charge in [-0.3, -0.25) is 10.1 Å². The second kappa shape index (κ2) is 5.14. The highest BCUT2D eigenvalue weighted by Crippen LogP contribution is 2.32. The fraction of sp³-hybridized carbons (Fsp3) is 0.250. The Kier molecular flexibility index (Phi) is 4.20. The van der Waals surface area contributed by atoms with Crippen molar-refractivity contribution in [2.24, 2.45) is 0 Å². The average Bonchev–Trinajstić information content (AvgIpc) is 2.25. The van der Waals surface area contributed by atoms with Gasteiger partial charge in [-0.15, -0.1) is 0 Å². The zero-order chi connectivity index (χ0) is 16.6. The second-order valence-corrected chi connectivity index (χ2v) is 7.16. The van der Waals surface area contributed by atoms with Crippen LogP contribution in [0.5, 0.6) is 5.75 Å². The number of benzene rings is 1. The van der Waals surface area contributed by atoms with E-state index in [9.17, 15) is 40.1 Å². The zero-order valence-corrected chi connectivity index (χ0v) is 11.6. The van der Waals surface area contributed by atoms with Crippen LogP contribution in [0, 0.1) is 10.1 Å². The molecule has 0 N–H and O–H groups in total. The first kappa shape index (κ1) is 17.2. The maximum atomic E-state index is 12.1. The molecular formula is C8H6F3NO7S2. The molecule has 0 atom stereocenters. The average molecular weight is 349 g/mol. The summed E-state index contributed by atoms with van der Waals surface area (Å²) in [6.07, 6.45) is 0.641. The zero-order valence-electron chi connectivity index (χ0n) is 9.99. The lowest BCUT2D eigenvalue weighted by atomic mass is 10.3. The van der Waals surface area contributed by atoms with Gasteiger partial charge in [0.15, 0.2) is 9.84 Å². The van der Waals surface area contributed by atoms with Crippen LogP contribution in [-0.2, 0) is 20.0 Å². The van der Waals surface area contributed by atoms with Gasteiger partial charge in [-0.2, -0.15) is 21.6 Å². The molecule has 8 nitrogen and oxygen atoms in total. The number of sulfone groups is 1. The minimum absolute atomic E-state index is 0.277. The molecule has 21 heavy (non-hydrogen) atoms. The molecule has 0 unspecified atom stereocenters. The van der Waals surface area contributed by atoms with Gasteiger partial charge in [0.1, 0.15) is 10.6 Å². The number of hydrogen-bond donors (Lipinski definition) is 0. The van der Waals surface area contributed by atoms with Crippen molar-refractivity contribution in [2.45, 2.75) is 10.4 Å². The van der Waals surface area contributed by atoms with Crippen molar-refractivity contribution in [3.05, 3.63) is 28.3 Å². The first-order valence-corrected chi connectivity index (χ1v) is 8.05. The minimum Gasteiger partial charge on any atom is -0.376 e. The summed E-state index contributed by atoms with van der Waals surface area (Å²) in [5, 5.41) is 10.7. The summed E-state index contributed by atoms with van der Waals surface area (Å²) >= 11 is 0. The highest BCUT2D eigenvalue weighted by atomic mass is 32.2. The fourth-order valence-electron chi connectivity index (χ4n) is 1.18. The Hall–Kier alpha value is -1.89. The van der Waals surface area contributed by atoms with Gasteiger partial charge >= 0.3 is 15.6 Å². The first-order valence-electron chi connectivity index (χ1n) is 4.75. The van der Waals surface area contributed by atoms with Gasteiger partial charge in [-0.25, -0.2) is 8.42 Å². The summed E-state index contributed by atoms with van der Waals surface area (Å²) in [6, 6.07) is 1.42. The molecule has 0 radical (unpaired) electrons. The quantitative estimate of drug-likeness (QED) is 0.347. The number of rotatable bonds is 4. The van der Waals surface area contributed by atoms with E-state index in [0.717, 1.165) is 0 Å². The van der Waals surface area contributed by atoms with E-state index in [4.69, 9.17) is 0 Å². The van der Waals surface area contributed by atoms with Crippen LogP contribution in [0.15, 0.2) is 23.1 Å². The van der Waals surface area contributed by atoms with E-state index >= 15 is 0 Å². The van der Waals surface area contributed by atoms with Crippen LogP contribution < -0.4 is 4.18 Å². The molecule has 0 aromatic heterocycles. The van der Waals surface area contributed by atoms with Gasteiger partial charge in [-0.05, 0) is 12.1 Å². The molecule has 0 aliphatic rings. The molecule has 0 saturated carbocycles. The van der Waals surface area contributed by atoms with Crippen LogP contribution in [0.1, 0.15) is 0 Å². The van der Waals surface area contributed by atoms with Crippen LogP contribution in [0.4, 0.5) is 18.9 Å². The molecule has 0 amide bonds. The van der Waals surface area contributed by atoms with Crippen molar-refractivity contribution in [1.29, 1.82) is 0 Å². The third-order valence-electron chi connectivity index (χ3n) is 2.02. The predicted molar refractivity (Wildman–Crippen MR) is 61.8 cm³/mol. The largest absolute Gasteiger partial charge is 0.534 e. The molecule has 0 aliphatic carbocycles. The summed E-state index contributed by atoms with van der Waals surface area (Å²) in [7, 11) is -10.0. The van der Waals surface area contributed by atoms with Crippen molar-refractivity contribution in [3.63, 3.8) is 0 Å². The standard InChI is InChI=1S/C8H6F3NO7S2/c1-20(15,16)7-3-2-5(4-6(7)12(13)14)19-21(17,18)8(9,10)11/h2-4H,1H3. The van der Waals surface area contributed by atoms with E-state index in [1.807, 2.05) is 0 Å². The minimum atomic E-state index is -6.01. The Labute approximate surface area is 116 Å². The van der Waals surface area contributed by atoms with E-state index in [1.165, 1.54) is 0 Å². The predicted octanol–water partition coefficient (Wildman–Crippen LogP) is 1.23. The Morgan fingerprint density at radius 1 is 1.19 bits per heavy atom. The molecule has 1 aromatic carbocycles. The maximum absolute atomic E-state index is 12.1. The molecule has 0 spiro atoms. The number of nitro benzene ring substituents is 1. The maximum Gasteiger partial charge on any atom is 0.534 e. The van der Waals surface area contributed by atoms with E-state index < -0.39 is 46.7 Å². The van der Waals surface area contributed by atoms with Crippen LogP contribution >= 0.6 is 0 Å². The van der Waals surface area contributed by atoms with Gasteiger partial charge in [0.05, 0.1) is 11.0 Å². The van der Waals surface area contributed by atoms with Crippen LogP contribution in [-0.4, -0.2) is 33.5 Å². The van der Waals surface area contributed by atoms with Crippen molar-refractivity contribution in [2.75, 3.05) is 6.26 Å². The van der Waals surface area contributed by atoms with Crippen molar-refractivity contribution < 1.29 is 39.1 Å². The first-order chi connectivity index (χ1) is 9.25. The Balaban J connectivity index is 3.39. The topological polar surface area (TPSA) is 121 Å². The third kappa shape index (κ3) is 3.81. The summed E-state index contributed by atoms with van der Waals surface area (Å²) < 4.78 is 84.0. The van der Waals surface area contributed by atoms with Crippen molar-refractivity contribution >= 4 is 25.6 Å². The smallest absolute Gasteiger partial charge is 0.376 e. The third-order valence-corrected chi connectivity index (χ3v) is 4.14. The normalized spacial score (nSPS) is 13.0. The summed E-state index contributed by atoms with van der Waals surface area (Å²) in [5.74, 6) is -1.04. The van der Waals surface area contributed by atoms with E-state index in [0.29, 0.717) is 18.4 Å². The monoisotopic (exact) mass is 349 g/mol. The van der Waals surface area contributed by atoms with Crippen molar-refractivity contribution in [1.82, 2.24) is 0 Å². The SMILES string of the molecule is CS(=O)(=O)c1ccc(OS(=O)(=O)C(F)(F)F)cc1[N+](=O)[O-]. The van der Waals surface area contributed by atoms with Gasteiger partial charge in [-0.1, -0.05) is 0 Å². The van der Waals surface area contributed by atoms with E-state index in [-0.39, 0.29) is 6.07 Å². The molecule has 0 bridgehead atoms. The summed E-state index contributed by atoms with van der Waals surface area (Å²) in [5.41, 5.74) is -6.83. The van der Waals surface area contributed by atoms with Crippen LogP contribution in [0.3, 0.4) is 0 Å². The molecule has 0 aliphatic heterocycles. The van der Waals surface area contributed by atoms with Crippen LogP contribution in [0.2, 0.25) is 0 Å². The molecule has 0 saturated heterocycles. The fourth-order valence-corrected chi connectivity index (χ4v) is 2.46. The van der Waals surface area contributed by atoms with Crippen molar-refractivity contribution in [3.8, 4) is 5.75 Å². The van der Waals surface area contributed by atoms with E-state index in [1.54, 1.807) is 0 Å². The lowest BCUT2D eigenvalue weighted by Crippen LogP contribution is -2.28. The number of nitrogens with zero attached hydrogens (tertiary/aromatic N) is 1. The summed E-state index contributed by atoms with van der Waals surface area (Å²) in [6.45, 7) is 0.